The van der Waals surface area contributed by atoms with Crippen LogP contribution in [-0.2, 0) is 21.4 Å². The van der Waals surface area contributed by atoms with Crippen molar-refractivity contribution in [1.82, 2.24) is 0 Å². The number of anilines is 1. The molecule has 0 saturated heterocycles. The minimum Gasteiger partial charge on any atom is -0.377 e. The van der Waals surface area contributed by atoms with E-state index in [2.05, 4.69) is 0 Å². The molecule has 0 radical (unpaired) electrons. The van der Waals surface area contributed by atoms with Crippen molar-refractivity contribution in [1.29, 1.82) is 0 Å². The monoisotopic (exact) mass is 520 g/mol. The van der Waals surface area contributed by atoms with Gasteiger partial charge in [0.2, 0.25) is 0 Å². The Bertz CT molecular complexity index is 1440. The zero-order valence-corrected chi connectivity index (χ0v) is 20.7. The van der Waals surface area contributed by atoms with E-state index >= 15 is 0 Å². The molecule has 0 aromatic heterocycles. The Labute approximate surface area is 215 Å². The minimum absolute atomic E-state index is 0.0536. The average Bonchev–Trinajstić information content (AvgIpc) is 2.92. The molecule has 0 unspecified atom stereocenters. The van der Waals surface area contributed by atoms with Gasteiger partial charge in [-0.2, -0.15) is 0 Å². The van der Waals surface area contributed by atoms with Crippen molar-refractivity contribution in [3.05, 3.63) is 125 Å². The van der Waals surface area contributed by atoms with Crippen LogP contribution in [0, 0.1) is 15.9 Å². The van der Waals surface area contributed by atoms with E-state index in [1.807, 2.05) is 30.3 Å². The van der Waals surface area contributed by atoms with Crippen molar-refractivity contribution in [2.24, 2.45) is 0 Å². The predicted octanol–water partition coefficient (Wildman–Crippen LogP) is 6.20. The van der Waals surface area contributed by atoms with Crippen LogP contribution in [0.25, 0.3) is 11.1 Å². The Hall–Kier alpha value is -4.08. The maximum absolute atomic E-state index is 13.8. The summed E-state index contributed by atoms with van der Waals surface area (Å²) < 4.78 is 47.8. The van der Waals surface area contributed by atoms with E-state index in [0.717, 1.165) is 5.56 Å². The van der Waals surface area contributed by atoms with Gasteiger partial charge in [0.1, 0.15) is 5.82 Å². The van der Waals surface area contributed by atoms with Crippen molar-refractivity contribution < 1.29 is 22.5 Å². The van der Waals surface area contributed by atoms with Crippen LogP contribution in [0.1, 0.15) is 12.0 Å². The topological polar surface area (TPSA) is 89.8 Å². The number of halogens is 1. The lowest BCUT2D eigenvalue weighted by Crippen LogP contribution is -2.32. The summed E-state index contributed by atoms with van der Waals surface area (Å²) in [6.45, 7) is 0.837. The molecule has 4 aromatic carbocycles. The second kappa shape index (κ2) is 11.8. The lowest BCUT2D eigenvalue weighted by Gasteiger charge is -2.25. The van der Waals surface area contributed by atoms with Crippen molar-refractivity contribution in [3.8, 4) is 11.1 Å². The maximum Gasteiger partial charge on any atom is 0.269 e. The van der Waals surface area contributed by atoms with E-state index in [1.54, 1.807) is 24.3 Å². The normalized spacial score (nSPS) is 11.3. The molecule has 4 aromatic rings. The SMILES string of the molecule is O=[N+]([O-])c1ccc(N(CCCOCc2ccccc2)S(=O)(=O)c2cccc(-c3ccc(F)cc3)c2)cc1. The Morgan fingerprint density at radius 2 is 1.54 bits per heavy atom. The molecule has 0 saturated carbocycles. The number of ether oxygens (including phenoxy) is 1. The van der Waals surface area contributed by atoms with Gasteiger partial charge in [-0.05, 0) is 59.5 Å². The number of nitrogens with zero attached hydrogens (tertiary/aromatic N) is 2. The molecular weight excluding hydrogens is 495 g/mol. The van der Waals surface area contributed by atoms with Gasteiger partial charge in [-0.1, -0.05) is 54.6 Å². The second-order valence-corrected chi connectivity index (χ2v) is 10.1. The van der Waals surface area contributed by atoms with Crippen molar-refractivity contribution in [2.75, 3.05) is 17.5 Å². The summed E-state index contributed by atoms with van der Waals surface area (Å²) in [5.74, 6) is -0.383. The average molecular weight is 521 g/mol. The Morgan fingerprint density at radius 1 is 0.838 bits per heavy atom. The highest BCUT2D eigenvalue weighted by Gasteiger charge is 2.25. The van der Waals surface area contributed by atoms with Crippen LogP contribution in [0.3, 0.4) is 0 Å². The highest BCUT2D eigenvalue weighted by atomic mass is 32.2. The number of hydrogen-bond donors (Lipinski definition) is 0. The molecule has 7 nitrogen and oxygen atoms in total. The van der Waals surface area contributed by atoms with Crippen LogP contribution in [-0.4, -0.2) is 26.5 Å². The Balaban J connectivity index is 1.57. The fourth-order valence-corrected chi connectivity index (χ4v) is 5.36. The van der Waals surface area contributed by atoms with Crippen LogP contribution >= 0.6 is 0 Å². The molecule has 0 heterocycles. The second-order valence-electron chi connectivity index (χ2n) is 8.28. The Kier molecular flexibility index (Phi) is 8.27. The summed E-state index contributed by atoms with van der Waals surface area (Å²) in [4.78, 5) is 10.6. The third-order valence-electron chi connectivity index (χ3n) is 5.71. The largest absolute Gasteiger partial charge is 0.377 e. The maximum atomic E-state index is 13.8. The number of hydrogen-bond acceptors (Lipinski definition) is 5. The van der Waals surface area contributed by atoms with Gasteiger partial charge in [-0.3, -0.25) is 14.4 Å². The van der Waals surface area contributed by atoms with Gasteiger partial charge in [0.15, 0.2) is 0 Å². The fraction of sp³-hybridized carbons (Fsp3) is 0.143. The third-order valence-corrected chi connectivity index (χ3v) is 7.53. The van der Waals surface area contributed by atoms with Crippen LogP contribution in [0.4, 0.5) is 15.8 Å². The molecule has 0 aliphatic carbocycles. The molecule has 190 valence electrons. The zero-order valence-electron chi connectivity index (χ0n) is 19.9. The molecule has 0 fully saturated rings. The third kappa shape index (κ3) is 6.58. The van der Waals surface area contributed by atoms with E-state index in [1.165, 1.54) is 52.8 Å². The van der Waals surface area contributed by atoms with Crippen molar-refractivity contribution in [2.45, 2.75) is 17.9 Å². The first kappa shape index (κ1) is 26.0. The van der Waals surface area contributed by atoms with E-state index in [9.17, 15) is 22.9 Å². The van der Waals surface area contributed by atoms with Crippen LogP contribution in [0.5, 0.6) is 0 Å². The summed E-state index contributed by atoms with van der Waals surface area (Å²) in [5.41, 5.74) is 2.48. The number of rotatable bonds is 11. The number of nitro benzene ring substituents is 1. The predicted molar refractivity (Wildman–Crippen MR) is 140 cm³/mol. The molecule has 0 aliphatic rings. The molecule has 0 N–H and O–H groups in total. The molecule has 0 aliphatic heterocycles. The first-order chi connectivity index (χ1) is 17.8. The molecule has 0 amide bonds. The molecule has 0 bridgehead atoms. The molecule has 4 rings (SSSR count). The summed E-state index contributed by atoms with van der Waals surface area (Å²) in [6.07, 6.45) is 0.403. The molecular formula is C28H25FN2O5S. The first-order valence-electron chi connectivity index (χ1n) is 11.6. The highest BCUT2D eigenvalue weighted by Crippen LogP contribution is 2.29. The number of sulfonamides is 1. The zero-order chi connectivity index (χ0) is 26.3. The van der Waals surface area contributed by atoms with Crippen molar-refractivity contribution in [3.63, 3.8) is 0 Å². The highest BCUT2D eigenvalue weighted by molar-refractivity contribution is 7.92. The minimum atomic E-state index is -4.03. The molecule has 37 heavy (non-hydrogen) atoms. The van der Waals surface area contributed by atoms with E-state index < -0.39 is 14.9 Å². The lowest BCUT2D eigenvalue weighted by atomic mass is 10.1. The summed E-state index contributed by atoms with van der Waals surface area (Å²) in [5, 5.41) is 11.1. The number of nitro groups is 1. The molecule has 0 atom stereocenters. The van der Waals surface area contributed by atoms with Gasteiger partial charge in [-0.25, -0.2) is 12.8 Å². The summed E-state index contributed by atoms with van der Waals surface area (Å²) >= 11 is 0. The van der Waals surface area contributed by atoms with E-state index in [4.69, 9.17) is 4.74 Å². The quantitative estimate of drug-likeness (QED) is 0.133. The van der Waals surface area contributed by atoms with Gasteiger partial charge in [-0.15, -0.1) is 0 Å². The van der Waals surface area contributed by atoms with Crippen LogP contribution in [0.15, 0.2) is 108 Å². The Morgan fingerprint density at radius 3 is 2.22 bits per heavy atom. The summed E-state index contributed by atoms with van der Waals surface area (Å²) in [6, 6.07) is 27.2. The van der Waals surface area contributed by atoms with E-state index in [-0.39, 0.29) is 22.9 Å². The standard InChI is InChI=1S/C28H25FN2O5S/c29-25-12-10-23(11-13-25)24-8-4-9-28(20-24)37(34,35)30(26-14-16-27(17-15-26)31(32)33)18-5-19-36-21-22-6-2-1-3-7-22/h1-4,6-17,20H,5,18-19,21H2. The number of benzene rings is 4. The van der Waals surface area contributed by atoms with Gasteiger partial charge in [0.25, 0.3) is 15.7 Å². The van der Waals surface area contributed by atoms with Crippen LogP contribution in [0.2, 0.25) is 0 Å². The smallest absolute Gasteiger partial charge is 0.269 e. The molecule has 9 heteroatoms. The lowest BCUT2D eigenvalue weighted by molar-refractivity contribution is -0.384. The van der Waals surface area contributed by atoms with Crippen molar-refractivity contribution >= 4 is 21.4 Å². The summed E-state index contributed by atoms with van der Waals surface area (Å²) in [7, 11) is -4.03. The molecule has 0 spiro atoms. The van der Waals surface area contributed by atoms with Gasteiger partial charge in [0.05, 0.1) is 22.1 Å². The van der Waals surface area contributed by atoms with Gasteiger partial charge < -0.3 is 4.74 Å². The van der Waals surface area contributed by atoms with Gasteiger partial charge in [0, 0.05) is 25.3 Å². The first-order valence-corrected chi connectivity index (χ1v) is 13.0. The van der Waals surface area contributed by atoms with E-state index in [0.29, 0.717) is 36.4 Å². The van der Waals surface area contributed by atoms with Gasteiger partial charge >= 0.3 is 0 Å². The fourth-order valence-electron chi connectivity index (χ4n) is 3.81. The number of non-ortho nitro benzene ring substituents is 1. The van der Waals surface area contributed by atoms with Crippen LogP contribution < -0.4 is 4.31 Å².